The van der Waals surface area contributed by atoms with Crippen molar-refractivity contribution in [1.82, 2.24) is 24.7 Å². The molecule has 0 amide bonds. The highest BCUT2D eigenvalue weighted by atomic mass is 32.1. The van der Waals surface area contributed by atoms with Crippen LogP contribution in [0, 0.1) is 0 Å². The first-order chi connectivity index (χ1) is 16.2. The molecule has 7 nitrogen and oxygen atoms in total. The molecular formula is C25H29N5O2S. The number of nitrogens with one attached hydrogen (secondary N) is 1. The summed E-state index contributed by atoms with van der Waals surface area (Å²) in [6.07, 6.45) is 4.91. The second-order valence-electron chi connectivity index (χ2n) is 8.45. The number of phenolic OH excluding ortho intramolecular Hbond substituents is 1. The van der Waals surface area contributed by atoms with Gasteiger partial charge in [0.2, 0.25) is 0 Å². The fourth-order valence-electron chi connectivity index (χ4n) is 4.74. The number of aromatic hydroxyl groups is 1. The van der Waals surface area contributed by atoms with E-state index in [0.29, 0.717) is 0 Å². The van der Waals surface area contributed by atoms with Crippen LogP contribution in [0.25, 0.3) is 5.69 Å². The second kappa shape index (κ2) is 9.91. The van der Waals surface area contributed by atoms with E-state index >= 15 is 0 Å². The Morgan fingerprint density at radius 2 is 1.85 bits per heavy atom. The van der Waals surface area contributed by atoms with Crippen LogP contribution < -0.4 is 5.32 Å². The molecule has 2 atom stereocenters. The normalized spacial score (nSPS) is 21.3. The smallest absolute Gasteiger partial charge is 0.170 e. The van der Waals surface area contributed by atoms with Crippen molar-refractivity contribution in [2.24, 2.45) is 0 Å². The molecule has 2 fully saturated rings. The molecular weight excluding hydrogens is 434 g/mol. The number of pyridine rings is 1. The minimum atomic E-state index is -0.0483. The van der Waals surface area contributed by atoms with Gasteiger partial charge in [0.25, 0.3) is 0 Å². The zero-order valence-corrected chi connectivity index (χ0v) is 19.3. The van der Waals surface area contributed by atoms with E-state index in [1.165, 1.54) is 0 Å². The Morgan fingerprint density at radius 3 is 2.61 bits per heavy atom. The van der Waals surface area contributed by atoms with Gasteiger partial charge in [-0.15, -0.1) is 0 Å². The van der Waals surface area contributed by atoms with Gasteiger partial charge in [0.05, 0.1) is 31.0 Å². The van der Waals surface area contributed by atoms with Crippen LogP contribution >= 0.6 is 12.2 Å². The van der Waals surface area contributed by atoms with Gasteiger partial charge in [0, 0.05) is 50.0 Å². The highest BCUT2D eigenvalue weighted by molar-refractivity contribution is 7.80. The highest BCUT2D eigenvalue weighted by Gasteiger charge is 2.41. The first kappa shape index (κ1) is 21.9. The monoisotopic (exact) mass is 463 g/mol. The van der Waals surface area contributed by atoms with E-state index in [1.807, 2.05) is 30.5 Å². The van der Waals surface area contributed by atoms with Crippen LogP contribution in [-0.2, 0) is 4.74 Å². The van der Waals surface area contributed by atoms with Crippen LogP contribution in [0.3, 0.4) is 0 Å². The maximum Gasteiger partial charge on any atom is 0.170 e. The Bertz CT molecular complexity index is 1070. The lowest BCUT2D eigenvalue weighted by Crippen LogP contribution is -2.39. The summed E-state index contributed by atoms with van der Waals surface area (Å²) in [5.74, 6) is 0.257. The number of aromatic nitrogens is 2. The van der Waals surface area contributed by atoms with E-state index in [2.05, 4.69) is 49.1 Å². The number of benzene rings is 1. The Kier molecular flexibility index (Phi) is 6.57. The molecule has 3 aromatic rings. The molecule has 8 heteroatoms. The molecule has 2 N–H and O–H groups in total. The van der Waals surface area contributed by atoms with E-state index in [-0.39, 0.29) is 17.8 Å². The second-order valence-corrected chi connectivity index (χ2v) is 8.83. The molecule has 4 heterocycles. The Hall–Kier alpha value is -2.94. The van der Waals surface area contributed by atoms with E-state index < -0.39 is 0 Å². The zero-order chi connectivity index (χ0) is 22.6. The van der Waals surface area contributed by atoms with Crippen LogP contribution in [0.5, 0.6) is 5.75 Å². The third kappa shape index (κ3) is 4.73. The Morgan fingerprint density at radius 1 is 1.03 bits per heavy atom. The molecule has 2 saturated heterocycles. The molecule has 0 bridgehead atoms. The number of hydrogen-bond acceptors (Lipinski definition) is 5. The molecule has 172 valence electrons. The molecule has 2 aromatic heterocycles. The van der Waals surface area contributed by atoms with Crippen molar-refractivity contribution in [3.63, 3.8) is 0 Å². The maximum atomic E-state index is 9.74. The minimum Gasteiger partial charge on any atom is -0.508 e. The number of rotatable bonds is 7. The molecule has 2 aliphatic heterocycles. The van der Waals surface area contributed by atoms with Crippen molar-refractivity contribution in [2.45, 2.75) is 18.5 Å². The fraction of sp³-hybridized carbons (Fsp3) is 0.360. The molecule has 0 saturated carbocycles. The van der Waals surface area contributed by atoms with Gasteiger partial charge in [-0.2, -0.15) is 0 Å². The number of thiocarbonyl (C=S) groups is 1. The van der Waals surface area contributed by atoms with E-state index in [4.69, 9.17) is 17.0 Å². The third-order valence-electron chi connectivity index (χ3n) is 6.39. The summed E-state index contributed by atoms with van der Waals surface area (Å²) in [6.45, 7) is 5.50. The fourth-order valence-corrected chi connectivity index (χ4v) is 5.07. The molecule has 33 heavy (non-hydrogen) atoms. The SMILES string of the molecule is Oc1ccc(-n2cccc2[C@@H]2[C@@H](c3ccccn3)NC(=S)N2CCCN2CCOCC2)cc1. The quantitative estimate of drug-likeness (QED) is 0.522. The van der Waals surface area contributed by atoms with Crippen molar-refractivity contribution in [1.29, 1.82) is 0 Å². The predicted octanol–water partition coefficient (Wildman–Crippen LogP) is 3.27. The summed E-state index contributed by atoms with van der Waals surface area (Å²) in [5.41, 5.74) is 3.10. The number of morpholine rings is 1. The van der Waals surface area contributed by atoms with Gasteiger partial charge in [0.15, 0.2) is 5.11 Å². The molecule has 0 unspecified atom stereocenters. The summed E-state index contributed by atoms with van der Waals surface area (Å²) < 4.78 is 7.65. The topological polar surface area (TPSA) is 65.8 Å². The number of ether oxygens (including phenoxy) is 1. The van der Waals surface area contributed by atoms with Gasteiger partial charge in [-0.3, -0.25) is 9.88 Å². The number of nitrogens with zero attached hydrogens (tertiary/aromatic N) is 4. The van der Waals surface area contributed by atoms with Gasteiger partial charge in [-0.25, -0.2) is 0 Å². The van der Waals surface area contributed by atoms with Crippen molar-refractivity contribution < 1.29 is 9.84 Å². The van der Waals surface area contributed by atoms with Crippen molar-refractivity contribution in [2.75, 3.05) is 39.4 Å². The van der Waals surface area contributed by atoms with Gasteiger partial charge in [-0.1, -0.05) is 6.07 Å². The first-order valence-corrected chi connectivity index (χ1v) is 11.9. The van der Waals surface area contributed by atoms with Crippen LogP contribution in [0.1, 0.15) is 29.9 Å². The van der Waals surface area contributed by atoms with Crippen molar-refractivity contribution >= 4 is 17.3 Å². The average molecular weight is 464 g/mol. The van der Waals surface area contributed by atoms with E-state index in [9.17, 15) is 5.11 Å². The average Bonchev–Trinajstić information content (AvgIpc) is 3.45. The van der Waals surface area contributed by atoms with Crippen LogP contribution in [0.4, 0.5) is 0 Å². The van der Waals surface area contributed by atoms with Gasteiger partial charge >= 0.3 is 0 Å². The Labute approximate surface area is 199 Å². The molecule has 0 spiro atoms. The van der Waals surface area contributed by atoms with E-state index in [0.717, 1.165) is 68.0 Å². The minimum absolute atomic E-state index is 0.000826. The lowest BCUT2D eigenvalue weighted by Gasteiger charge is -2.31. The standard InChI is InChI=1S/C25H29N5O2S/c31-20-9-7-19(8-10-20)29-13-3-6-22(29)24-23(21-5-1-2-11-26-21)27-25(33)30(24)14-4-12-28-15-17-32-18-16-28/h1-3,5-11,13,23-24,31H,4,12,14-18H2,(H,27,33)/t23-,24-/m1/s1. The van der Waals surface area contributed by atoms with Gasteiger partial charge in [0.1, 0.15) is 5.75 Å². The van der Waals surface area contributed by atoms with Gasteiger partial charge in [-0.05, 0) is 67.2 Å². The largest absolute Gasteiger partial charge is 0.508 e. The molecule has 1 aromatic carbocycles. The highest BCUT2D eigenvalue weighted by Crippen LogP contribution is 2.39. The lowest BCUT2D eigenvalue weighted by molar-refractivity contribution is 0.0365. The Balaban J connectivity index is 1.44. The number of hydrogen-bond donors (Lipinski definition) is 2. The molecule has 0 radical (unpaired) electrons. The zero-order valence-electron chi connectivity index (χ0n) is 18.5. The van der Waals surface area contributed by atoms with Crippen molar-refractivity contribution in [3.05, 3.63) is 78.4 Å². The van der Waals surface area contributed by atoms with Crippen LogP contribution in [0.15, 0.2) is 67.0 Å². The van der Waals surface area contributed by atoms with E-state index in [1.54, 1.807) is 12.1 Å². The number of phenols is 1. The van der Waals surface area contributed by atoms with Gasteiger partial charge < -0.3 is 24.6 Å². The predicted molar refractivity (Wildman–Crippen MR) is 131 cm³/mol. The first-order valence-electron chi connectivity index (χ1n) is 11.5. The molecule has 0 aliphatic carbocycles. The maximum absolute atomic E-state index is 9.74. The molecule has 5 rings (SSSR count). The van der Waals surface area contributed by atoms with Crippen molar-refractivity contribution in [3.8, 4) is 11.4 Å². The summed E-state index contributed by atoms with van der Waals surface area (Å²) in [5, 5.41) is 14.0. The summed E-state index contributed by atoms with van der Waals surface area (Å²) in [6, 6.07) is 17.5. The third-order valence-corrected chi connectivity index (χ3v) is 6.74. The van der Waals surface area contributed by atoms with Crippen LogP contribution in [0.2, 0.25) is 0 Å². The molecule has 2 aliphatic rings. The van der Waals surface area contributed by atoms with Crippen LogP contribution in [-0.4, -0.2) is 69.0 Å². The lowest BCUT2D eigenvalue weighted by atomic mass is 10.0. The summed E-state index contributed by atoms with van der Waals surface area (Å²) >= 11 is 5.83. The summed E-state index contributed by atoms with van der Waals surface area (Å²) in [4.78, 5) is 9.41. The summed E-state index contributed by atoms with van der Waals surface area (Å²) in [7, 11) is 0.